The molecule has 0 spiro atoms. The van der Waals surface area contributed by atoms with Gasteiger partial charge in [-0.25, -0.2) is 4.39 Å². The topological polar surface area (TPSA) is 77.8 Å². The molecule has 1 amide bonds. The number of carbonyl (C=O) groups excluding carboxylic acids is 1. The van der Waals surface area contributed by atoms with Crippen molar-refractivity contribution < 1.29 is 24.2 Å². The lowest BCUT2D eigenvalue weighted by Gasteiger charge is -2.41. The molecule has 1 aliphatic heterocycles. The van der Waals surface area contributed by atoms with Crippen molar-refractivity contribution >= 4 is 11.9 Å². The van der Waals surface area contributed by atoms with Crippen LogP contribution in [0.3, 0.4) is 0 Å². The lowest BCUT2D eigenvalue weighted by Crippen LogP contribution is -2.53. The summed E-state index contributed by atoms with van der Waals surface area (Å²) in [6, 6.07) is 3.20. The summed E-state index contributed by atoms with van der Waals surface area (Å²) in [4.78, 5) is 24.2. The third-order valence-corrected chi connectivity index (χ3v) is 3.48. The van der Waals surface area contributed by atoms with Crippen LogP contribution in [0.5, 0.6) is 5.75 Å². The van der Waals surface area contributed by atoms with Gasteiger partial charge in [0.25, 0.3) is 5.91 Å². The number of carbonyl (C=O) groups is 2. The van der Waals surface area contributed by atoms with Gasteiger partial charge in [0.05, 0.1) is 11.5 Å². The molecular weight excluding hydrogens is 253 g/mol. The second-order valence-corrected chi connectivity index (χ2v) is 4.76. The summed E-state index contributed by atoms with van der Waals surface area (Å²) in [6.07, 6.45) is 0. The molecule has 6 heteroatoms. The SMILES string of the molecule is CC(C(=O)O)C1CN(C(=O)c2ccc(F)cc2O)C1. The molecule has 0 bridgehead atoms. The Morgan fingerprint density at radius 2 is 2.05 bits per heavy atom. The van der Waals surface area contributed by atoms with Crippen molar-refractivity contribution in [1.82, 2.24) is 4.90 Å². The van der Waals surface area contributed by atoms with E-state index in [1.54, 1.807) is 6.92 Å². The van der Waals surface area contributed by atoms with Crippen LogP contribution in [0.2, 0.25) is 0 Å². The minimum atomic E-state index is -0.887. The Morgan fingerprint density at radius 3 is 2.58 bits per heavy atom. The summed E-state index contributed by atoms with van der Waals surface area (Å²) in [5.74, 6) is -2.90. The highest BCUT2D eigenvalue weighted by atomic mass is 19.1. The molecule has 0 radical (unpaired) electrons. The van der Waals surface area contributed by atoms with E-state index in [4.69, 9.17) is 5.11 Å². The van der Waals surface area contributed by atoms with Gasteiger partial charge < -0.3 is 15.1 Å². The molecule has 2 rings (SSSR count). The third kappa shape index (κ3) is 2.52. The molecule has 1 heterocycles. The highest BCUT2D eigenvalue weighted by Crippen LogP contribution is 2.28. The summed E-state index contributed by atoms with van der Waals surface area (Å²) in [5.41, 5.74) is 0.0304. The van der Waals surface area contributed by atoms with E-state index in [1.807, 2.05) is 0 Å². The average Bonchev–Trinajstić information content (AvgIpc) is 2.26. The maximum Gasteiger partial charge on any atom is 0.306 e. The van der Waals surface area contributed by atoms with Crippen molar-refractivity contribution in [2.45, 2.75) is 6.92 Å². The number of nitrogens with zero attached hydrogens (tertiary/aromatic N) is 1. The van der Waals surface area contributed by atoms with Crippen molar-refractivity contribution in [3.05, 3.63) is 29.6 Å². The van der Waals surface area contributed by atoms with Gasteiger partial charge in [0, 0.05) is 25.1 Å². The number of benzene rings is 1. The Labute approximate surface area is 109 Å². The molecule has 2 N–H and O–H groups in total. The number of aromatic hydroxyl groups is 1. The van der Waals surface area contributed by atoms with Gasteiger partial charge in [-0.2, -0.15) is 0 Å². The van der Waals surface area contributed by atoms with Crippen LogP contribution in [-0.2, 0) is 4.79 Å². The van der Waals surface area contributed by atoms with Gasteiger partial charge >= 0.3 is 5.97 Å². The first-order valence-electron chi connectivity index (χ1n) is 5.90. The summed E-state index contributed by atoms with van der Waals surface area (Å²) >= 11 is 0. The maximum absolute atomic E-state index is 12.8. The van der Waals surface area contributed by atoms with E-state index in [0.29, 0.717) is 13.1 Å². The standard InChI is InChI=1S/C13H14FNO4/c1-7(13(18)19)8-5-15(6-8)12(17)10-3-2-9(14)4-11(10)16/h2-4,7-8,16H,5-6H2,1H3,(H,18,19). The minimum Gasteiger partial charge on any atom is -0.507 e. The lowest BCUT2D eigenvalue weighted by molar-refractivity contribution is -0.144. The fourth-order valence-corrected chi connectivity index (χ4v) is 2.05. The van der Waals surface area contributed by atoms with Crippen molar-refractivity contribution in [2.24, 2.45) is 11.8 Å². The number of amides is 1. The van der Waals surface area contributed by atoms with Crippen LogP contribution in [0.1, 0.15) is 17.3 Å². The third-order valence-electron chi connectivity index (χ3n) is 3.48. The van der Waals surface area contributed by atoms with Gasteiger partial charge in [0.1, 0.15) is 11.6 Å². The van der Waals surface area contributed by atoms with Gasteiger partial charge in [-0.1, -0.05) is 6.92 Å². The number of hydrogen-bond acceptors (Lipinski definition) is 3. The number of phenolic OH excluding ortho intramolecular Hbond substituents is 1. The summed E-state index contributed by atoms with van der Waals surface area (Å²) < 4.78 is 12.8. The molecule has 1 aromatic carbocycles. The highest BCUT2D eigenvalue weighted by Gasteiger charge is 2.37. The largest absolute Gasteiger partial charge is 0.507 e. The highest BCUT2D eigenvalue weighted by molar-refractivity contribution is 5.97. The molecule has 0 aromatic heterocycles. The molecule has 1 aromatic rings. The molecule has 1 unspecified atom stereocenters. The Balaban J connectivity index is 2.02. The van der Waals surface area contributed by atoms with Gasteiger partial charge in [-0.05, 0) is 12.1 Å². The molecule has 1 saturated heterocycles. The molecule has 0 aliphatic carbocycles. The smallest absolute Gasteiger partial charge is 0.306 e. The van der Waals surface area contributed by atoms with Crippen molar-refractivity contribution in [2.75, 3.05) is 13.1 Å². The van der Waals surface area contributed by atoms with Crippen LogP contribution >= 0.6 is 0 Å². The van der Waals surface area contributed by atoms with Gasteiger partial charge in [0.15, 0.2) is 0 Å². The average molecular weight is 267 g/mol. The van der Waals surface area contributed by atoms with Crippen molar-refractivity contribution in [1.29, 1.82) is 0 Å². The van der Waals surface area contributed by atoms with Gasteiger partial charge in [-0.3, -0.25) is 9.59 Å². The fourth-order valence-electron chi connectivity index (χ4n) is 2.05. The first-order chi connectivity index (χ1) is 8.90. The zero-order chi connectivity index (χ0) is 14.2. The van der Waals surface area contributed by atoms with E-state index in [9.17, 15) is 19.1 Å². The van der Waals surface area contributed by atoms with Crippen molar-refractivity contribution in [3.63, 3.8) is 0 Å². The van der Waals surface area contributed by atoms with Crippen LogP contribution in [0, 0.1) is 17.7 Å². The second kappa shape index (κ2) is 4.87. The second-order valence-electron chi connectivity index (χ2n) is 4.76. The Hall–Kier alpha value is -2.11. The number of aliphatic carboxylic acids is 1. The molecule has 19 heavy (non-hydrogen) atoms. The molecular formula is C13H14FNO4. The first kappa shape index (κ1) is 13.3. The number of likely N-dealkylation sites (tertiary alicyclic amines) is 1. The maximum atomic E-state index is 12.8. The number of hydrogen-bond donors (Lipinski definition) is 2. The van der Waals surface area contributed by atoms with E-state index in [2.05, 4.69) is 0 Å². The number of carboxylic acids is 1. The molecule has 102 valence electrons. The zero-order valence-electron chi connectivity index (χ0n) is 10.3. The normalized spacial score (nSPS) is 16.8. The fraction of sp³-hybridized carbons (Fsp3) is 0.385. The van der Waals surface area contributed by atoms with Crippen LogP contribution in [-0.4, -0.2) is 40.1 Å². The van der Waals surface area contributed by atoms with Crippen molar-refractivity contribution in [3.8, 4) is 5.75 Å². The quantitative estimate of drug-likeness (QED) is 0.866. The monoisotopic (exact) mass is 267 g/mol. The van der Waals surface area contributed by atoms with Crippen LogP contribution < -0.4 is 0 Å². The molecule has 1 fully saturated rings. The Bertz CT molecular complexity index is 525. The zero-order valence-corrected chi connectivity index (χ0v) is 10.3. The van der Waals surface area contributed by atoms with E-state index in [-0.39, 0.29) is 11.5 Å². The lowest BCUT2D eigenvalue weighted by atomic mass is 9.86. The van der Waals surface area contributed by atoms with Crippen LogP contribution in [0.4, 0.5) is 4.39 Å². The summed E-state index contributed by atoms with van der Waals surface area (Å²) in [6.45, 7) is 2.27. The van der Waals surface area contributed by atoms with E-state index in [0.717, 1.165) is 12.1 Å². The Morgan fingerprint density at radius 1 is 1.42 bits per heavy atom. The predicted octanol–water partition coefficient (Wildman–Crippen LogP) is 1.32. The van der Waals surface area contributed by atoms with Crippen LogP contribution in [0.25, 0.3) is 0 Å². The van der Waals surface area contributed by atoms with E-state index in [1.165, 1.54) is 11.0 Å². The van der Waals surface area contributed by atoms with E-state index >= 15 is 0 Å². The number of rotatable bonds is 3. The number of phenols is 1. The summed E-state index contributed by atoms with van der Waals surface area (Å²) in [5, 5.41) is 18.4. The molecule has 5 nitrogen and oxygen atoms in total. The summed E-state index contributed by atoms with van der Waals surface area (Å²) in [7, 11) is 0. The molecule has 1 atom stereocenters. The van der Waals surface area contributed by atoms with E-state index < -0.39 is 29.4 Å². The minimum absolute atomic E-state index is 0.0304. The molecule has 0 saturated carbocycles. The predicted molar refractivity (Wildman–Crippen MR) is 64.3 cm³/mol. The van der Waals surface area contributed by atoms with Crippen LogP contribution in [0.15, 0.2) is 18.2 Å². The molecule has 1 aliphatic rings. The Kier molecular flexibility index (Phi) is 3.42. The number of carboxylic acid groups (broad SMARTS) is 1. The number of halogens is 1. The van der Waals surface area contributed by atoms with Gasteiger partial charge in [0.2, 0.25) is 0 Å². The van der Waals surface area contributed by atoms with Gasteiger partial charge in [-0.15, -0.1) is 0 Å². The first-order valence-corrected chi connectivity index (χ1v) is 5.90.